The monoisotopic (exact) mass is 458 g/mol. The van der Waals surface area contributed by atoms with E-state index in [1.54, 1.807) is 0 Å². The van der Waals surface area contributed by atoms with Gasteiger partial charge in [-0.2, -0.15) is 0 Å². The smallest absolute Gasteiger partial charge is 0.293 e. The molecule has 2 aromatic rings. The maximum Gasteiger partial charge on any atom is 0.293 e. The van der Waals surface area contributed by atoms with Crippen LogP contribution in [0.1, 0.15) is 11.1 Å². The molecule has 2 amide bonds. The van der Waals surface area contributed by atoms with Gasteiger partial charge in [-0.25, -0.2) is 0 Å². The number of nitro groups is 1. The highest BCUT2D eigenvalue weighted by Gasteiger charge is 2.35. The van der Waals surface area contributed by atoms with Crippen molar-refractivity contribution in [3.05, 3.63) is 71.5 Å². The van der Waals surface area contributed by atoms with Crippen LogP contribution in [0.3, 0.4) is 0 Å². The Morgan fingerprint density at radius 1 is 1.14 bits per heavy atom. The van der Waals surface area contributed by atoms with E-state index in [0.29, 0.717) is 17.3 Å². The molecular weight excluding hydrogens is 451 g/mol. The third kappa shape index (κ3) is 3.95. The molecule has 0 spiro atoms. The van der Waals surface area contributed by atoms with Crippen molar-refractivity contribution in [2.75, 3.05) is 0 Å². The number of hydrogen-bond donors (Lipinski definition) is 1. The molecule has 0 radical (unpaired) electrons. The number of phenols is 1. The van der Waals surface area contributed by atoms with E-state index in [2.05, 4.69) is 0 Å². The summed E-state index contributed by atoms with van der Waals surface area (Å²) in [6.07, 6.45) is 1.31. The molecule has 11 heteroatoms. The van der Waals surface area contributed by atoms with Crippen LogP contribution in [0.4, 0.5) is 10.5 Å². The van der Waals surface area contributed by atoms with Crippen molar-refractivity contribution in [3.8, 4) is 5.75 Å². The van der Waals surface area contributed by atoms with E-state index in [1.807, 2.05) is 0 Å². The van der Waals surface area contributed by atoms with Gasteiger partial charge in [-0.15, -0.1) is 0 Å². The number of thioether (sulfide) groups is 1. The predicted molar refractivity (Wildman–Crippen MR) is 108 cm³/mol. The first-order valence-corrected chi connectivity index (χ1v) is 9.49. The summed E-state index contributed by atoms with van der Waals surface area (Å²) < 4.78 is 0. The van der Waals surface area contributed by atoms with E-state index in [1.165, 1.54) is 36.4 Å². The van der Waals surface area contributed by atoms with E-state index in [4.69, 9.17) is 34.8 Å². The number of carbonyl (C=O) groups excluding carboxylic acids is 2. The maximum absolute atomic E-state index is 12.6. The highest BCUT2D eigenvalue weighted by molar-refractivity contribution is 8.18. The standard InChI is InChI=1S/C17H9Cl3N2O5S/c18-11-6-12(19)15(23)14(20)10(11)5-13-16(24)21(17(25)28-13)7-8-1-3-9(4-2-8)22(26)27/h1-6,23H,7H2/b13-5-. The fourth-order valence-electron chi connectivity index (χ4n) is 2.40. The number of carbonyl (C=O) groups is 2. The van der Waals surface area contributed by atoms with Gasteiger partial charge in [-0.1, -0.05) is 46.9 Å². The fourth-order valence-corrected chi connectivity index (χ4v) is 4.09. The average molecular weight is 460 g/mol. The number of phenolic OH excluding ortho intramolecular Hbond substituents is 1. The molecule has 0 aromatic heterocycles. The van der Waals surface area contributed by atoms with Gasteiger partial charge < -0.3 is 5.11 Å². The van der Waals surface area contributed by atoms with Crippen LogP contribution in [0.25, 0.3) is 6.08 Å². The number of amides is 2. The lowest BCUT2D eigenvalue weighted by Crippen LogP contribution is -2.27. The van der Waals surface area contributed by atoms with E-state index in [0.717, 1.165) is 4.90 Å². The topological polar surface area (TPSA) is 101 Å². The summed E-state index contributed by atoms with van der Waals surface area (Å²) >= 11 is 18.6. The van der Waals surface area contributed by atoms with Gasteiger partial charge in [0.05, 0.1) is 31.4 Å². The lowest BCUT2D eigenvalue weighted by atomic mass is 10.1. The first kappa shape index (κ1) is 20.5. The second-order valence-electron chi connectivity index (χ2n) is 5.61. The molecule has 2 aromatic carbocycles. The highest BCUT2D eigenvalue weighted by atomic mass is 35.5. The quantitative estimate of drug-likeness (QED) is 0.368. The number of aromatic hydroxyl groups is 1. The van der Waals surface area contributed by atoms with Crippen molar-refractivity contribution in [2.24, 2.45) is 0 Å². The van der Waals surface area contributed by atoms with Gasteiger partial charge in [-0.3, -0.25) is 24.6 Å². The van der Waals surface area contributed by atoms with Crippen LogP contribution in [-0.2, 0) is 11.3 Å². The lowest BCUT2D eigenvalue weighted by molar-refractivity contribution is -0.384. The van der Waals surface area contributed by atoms with Gasteiger partial charge >= 0.3 is 0 Å². The van der Waals surface area contributed by atoms with E-state index in [9.17, 15) is 24.8 Å². The van der Waals surface area contributed by atoms with Gasteiger partial charge in [0.25, 0.3) is 16.8 Å². The molecule has 0 unspecified atom stereocenters. The number of hydrogen-bond acceptors (Lipinski definition) is 6. The number of nitrogens with zero attached hydrogens (tertiary/aromatic N) is 2. The van der Waals surface area contributed by atoms with Crippen LogP contribution in [0.15, 0.2) is 35.2 Å². The number of rotatable bonds is 4. The third-order valence-corrected chi connectivity index (χ3v) is 5.71. The molecule has 7 nitrogen and oxygen atoms in total. The molecule has 0 aliphatic carbocycles. The Bertz CT molecular complexity index is 1040. The molecule has 144 valence electrons. The minimum atomic E-state index is -0.574. The Morgan fingerprint density at radius 2 is 1.79 bits per heavy atom. The molecule has 1 aliphatic rings. The van der Waals surface area contributed by atoms with Crippen LogP contribution in [0, 0.1) is 10.1 Å². The number of non-ortho nitro benzene ring substituents is 1. The fraction of sp³-hybridized carbons (Fsp3) is 0.0588. The Morgan fingerprint density at radius 3 is 2.39 bits per heavy atom. The van der Waals surface area contributed by atoms with Crippen molar-refractivity contribution in [2.45, 2.75) is 6.54 Å². The molecule has 0 bridgehead atoms. The molecule has 1 fully saturated rings. The minimum Gasteiger partial charge on any atom is -0.505 e. The summed E-state index contributed by atoms with van der Waals surface area (Å²) in [5.41, 5.74) is 0.616. The van der Waals surface area contributed by atoms with Crippen LogP contribution < -0.4 is 0 Å². The summed E-state index contributed by atoms with van der Waals surface area (Å²) in [6.45, 7) is -0.0483. The van der Waals surface area contributed by atoms with Crippen LogP contribution in [0.2, 0.25) is 15.1 Å². The Labute approximate surface area is 177 Å². The Hall–Kier alpha value is -2.26. The zero-order valence-corrected chi connectivity index (χ0v) is 16.8. The van der Waals surface area contributed by atoms with Gasteiger partial charge in [0, 0.05) is 17.7 Å². The molecule has 0 saturated carbocycles. The van der Waals surface area contributed by atoms with Crippen LogP contribution >= 0.6 is 46.6 Å². The summed E-state index contributed by atoms with van der Waals surface area (Å²) in [7, 11) is 0. The minimum absolute atomic E-state index is 0.0431. The van der Waals surface area contributed by atoms with Gasteiger partial charge in [-0.05, 0) is 29.5 Å². The average Bonchev–Trinajstić information content (AvgIpc) is 2.91. The third-order valence-electron chi connectivity index (χ3n) is 3.82. The van der Waals surface area contributed by atoms with Crippen molar-refractivity contribution >= 4 is 69.5 Å². The molecule has 1 heterocycles. The van der Waals surface area contributed by atoms with E-state index in [-0.39, 0.29) is 43.5 Å². The first-order chi connectivity index (χ1) is 13.2. The maximum atomic E-state index is 12.6. The first-order valence-electron chi connectivity index (χ1n) is 7.54. The van der Waals surface area contributed by atoms with Crippen molar-refractivity contribution in [1.82, 2.24) is 4.90 Å². The summed E-state index contributed by atoms with van der Waals surface area (Å²) in [6, 6.07) is 6.80. The Kier molecular flexibility index (Phi) is 5.85. The number of benzene rings is 2. The molecule has 1 saturated heterocycles. The SMILES string of the molecule is O=C1S/C(=C\c2c(Cl)cc(Cl)c(O)c2Cl)C(=O)N1Cc1ccc([N+](=O)[O-])cc1. The largest absolute Gasteiger partial charge is 0.505 e. The summed E-state index contributed by atoms with van der Waals surface area (Å²) in [5.74, 6) is -0.959. The van der Waals surface area contributed by atoms with E-state index < -0.39 is 16.1 Å². The predicted octanol–water partition coefficient (Wildman–Crippen LogP) is 5.50. The highest BCUT2D eigenvalue weighted by Crippen LogP contribution is 2.42. The summed E-state index contributed by atoms with van der Waals surface area (Å²) in [4.78, 5) is 36.1. The number of nitro benzene ring substituents is 1. The van der Waals surface area contributed by atoms with Crippen LogP contribution in [-0.4, -0.2) is 26.1 Å². The summed E-state index contributed by atoms with van der Waals surface area (Å²) in [5, 5.41) is 20.0. The van der Waals surface area contributed by atoms with Gasteiger partial charge in [0.15, 0.2) is 5.75 Å². The van der Waals surface area contributed by atoms with Crippen molar-refractivity contribution in [3.63, 3.8) is 0 Å². The zero-order valence-electron chi connectivity index (χ0n) is 13.7. The van der Waals surface area contributed by atoms with Crippen molar-refractivity contribution in [1.29, 1.82) is 0 Å². The molecule has 28 heavy (non-hydrogen) atoms. The molecule has 3 rings (SSSR count). The number of halogens is 3. The molecule has 1 aliphatic heterocycles. The second kappa shape index (κ2) is 8.00. The molecule has 0 atom stereocenters. The van der Waals surface area contributed by atoms with Gasteiger partial charge in [0.2, 0.25) is 0 Å². The molecule has 1 N–H and O–H groups in total. The van der Waals surface area contributed by atoms with Crippen molar-refractivity contribution < 1.29 is 19.6 Å². The Balaban J connectivity index is 1.87. The van der Waals surface area contributed by atoms with E-state index >= 15 is 0 Å². The lowest BCUT2D eigenvalue weighted by Gasteiger charge is -2.12. The van der Waals surface area contributed by atoms with Gasteiger partial charge in [0.1, 0.15) is 0 Å². The van der Waals surface area contributed by atoms with Crippen LogP contribution in [0.5, 0.6) is 5.75 Å². The second-order valence-corrected chi connectivity index (χ2v) is 7.79. The normalized spacial score (nSPS) is 15.5. The molecular formula is C17H9Cl3N2O5S. The number of imide groups is 1. The zero-order chi connectivity index (χ0) is 20.6.